The number of aromatic nitrogens is 1. The third kappa shape index (κ3) is 3.41. The number of halogens is 2. The summed E-state index contributed by atoms with van der Waals surface area (Å²) in [6.07, 6.45) is 3.07. The van der Waals surface area contributed by atoms with E-state index in [1.165, 1.54) is 12.1 Å². The van der Waals surface area contributed by atoms with E-state index in [0.29, 0.717) is 12.1 Å². The van der Waals surface area contributed by atoms with E-state index >= 15 is 0 Å². The van der Waals surface area contributed by atoms with E-state index in [4.69, 9.17) is 0 Å². The number of benzene rings is 1. The van der Waals surface area contributed by atoms with Crippen molar-refractivity contribution in [2.45, 2.75) is 26.5 Å². The summed E-state index contributed by atoms with van der Waals surface area (Å²) in [5.74, 6) is -1.03. The van der Waals surface area contributed by atoms with Gasteiger partial charge in [0.25, 0.3) is 0 Å². The Balaban J connectivity index is 2.15. The number of rotatable bonds is 4. The van der Waals surface area contributed by atoms with Gasteiger partial charge in [-0.1, -0.05) is 13.8 Å². The molecule has 1 atom stereocenters. The Kier molecular flexibility index (Phi) is 4.00. The van der Waals surface area contributed by atoms with Crippen LogP contribution in [0.15, 0.2) is 36.7 Å². The summed E-state index contributed by atoms with van der Waals surface area (Å²) < 4.78 is 28.0. The van der Waals surface area contributed by atoms with E-state index in [1.807, 2.05) is 19.9 Å². The summed E-state index contributed by atoms with van der Waals surface area (Å²) in [7, 11) is 0. The minimum absolute atomic E-state index is 0.127. The lowest BCUT2D eigenvalue weighted by atomic mass is 10.0. The third-order valence-electron chi connectivity index (χ3n) is 3.03. The van der Waals surface area contributed by atoms with Crippen molar-refractivity contribution in [2.75, 3.05) is 0 Å². The molecule has 0 bridgehead atoms. The van der Waals surface area contributed by atoms with Gasteiger partial charge in [0.1, 0.15) is 11.6 Å². The first-order valence-electron chi connectivity index (χ1n) is 6.24. The monoisotopic (exact) mass is 265 g/mol. The lowest BCUT2D eigenvalue weighted by Gasteiger charge is -2.12. The second-order valence-electron chi connectivity index (χ2n) is 5.08. The molecule has 0 aliphatic carbocycles. The van der Waals surface area contributed by atoms with E-state index in [1.54, 1.807) is 17.0 Å². The van der Waals surface area contributed by atoms with Crippen molar-refractivity contribution >= 4 is 0 Å². The molecule has 2 rings (SSSR count). The molecule has 0 aliphatic rings. The van der Waals surface area contributed by atoms with Gasteiger partial charge in [-0.15, -0.1) is 0 Å². The Hall–Kier alpha value is -1.68. The minimum Gasteiger partial charge on any atom is -0.388 e. The molecule has 1 heterocycles. The van der Waals surface area contributed by atoms with Gasteiger partial charge in [0.15, 0.2) is 0 Å². The predicted molar refractivity (Wildman–Crippen MR) is 69.7 cm³/mol. The van der Waals surface area contributed by atoms with Crippen LogP contribution in [0, 0.1) is 17.6 Å². The Morgan fingerprint density at radius 1 is 1.16 bits per heavy atom. The quantitative estimate of drug-likeness (QED) is 0.899. The first-order valence-corrected chi connectivity index (χ1v) is 6.24. The molecule has 0 radical (unpaired) electrons. The highest BCUT2D eigenvalue weighted by Gasteiger charge is 2.13. The summed E-state index contributed by atoms with van der Waals surface area (Å²) in [6, 6.07) is 5.29. The van der Waals surface area contributed by atoms with Gasteiger partial charge in [-0.05, 0) is 35.2 Å². The van der Waals surface area contributed by atoms with Crippen molar-refractivity contribution < 1.29 is 13.9 Å². The number of aliphatic hydroxyl groups is 1. The molecule has 0 saturated heterocycles. The van der Waals surface area contributed by atoms with Crippen LogP contribution in [0.1, 0.15) is 31.1 Å². The zero-order valence-electron chi connectivity index (χ0n) is 11.0. The Morgan fingerprint density at radius 3 is 2.37 bits per heavy atom. The normalized spacial score (nSPS) is 12.9. The van der Waals surface area contributed by atoms with Gasteiger partial charge < -0.3 is 9.67 Å². The molecule has 1 aromatic carbocycles. The van der Waals surface area contributed by atoms with Crippen LogP contribution in [-0.2, 0) is 6.54 Å². The minimum atomic E-state index is -0.579. The first kappa shape index (κ1) is 13.7. The third-order valence-corrected chi connectivity index (χ3v) is 3.03. The number of hydrogen-bond acceptors (Lipinski definition) is 1. The molecule has 0 saturated carbocycles. The van der Waals surface area contributed by atoms with E-state index < -0.39 is 17.7 Å². The Labute approximate surface area is 111 Å². The zero-order valence-corrected chi connectivity index (χ0v) is 11.0. The highest BCUT2D eigenvalue weighted by atomic mass is 19.1. The molecule has 1 aromatic heterocycles. The molecule has 0 amide bonds. The maximum atomic E-state index is 13.1. The fraction of sp³-hybridized carbons (Fsp3) is 0.333. The van der Waals surface area contributed by atoms with Gasteiger partial charge in [0.2, 0.25) is 0 Å². The molecule has 19 heavy (non-hydrogen) atoms. The fourth-order valence-corrected chi connectivity index (χ4v) is 2.03. The summed E-state index contributed by atoms with van der Waals surface area (Å²) in [4.78, 5) is 0. The number of nitrogens with zero attached hydrogens (tertiary/aromatic N) is 1. The first-order chi connectivity index (χ1) is 8.95. The van der Waals surface area contributed by atoms with Crippen molar-refractivity contribution in [1.82, 2.24) is 4.57 Å². The van der Waals surface area contributed by atoms with Crippen molar-refractivity contribution in [3.05, 3.63) is 59.4 Å². The van der Waals surface area contributed by atoms with Gasteiger partial charge in [0, 0.05) is 25.0 Å². The van der Waals surface area contributed by atoms with Crippen molar-refractivity contribution in [3.8, 4) is 0 Å². The topological polar surface area (TPSA) is 25.2 Å². The van der Waals surface area contributed by atoms with Crippen LogP contribution in [0.25, 0.3) is 0 Å². The molecular weight excluding hydrogens is 248 g/mol. The molecule has 0 aliphatic heterocycles. The molecule has 1 unspecified atom stereocenters. The zero-order chi connectivity index (χ0) is 14.0. The van der Waals surface area contributed by atoms with Gasteiger partial charge >= 0.3 is 0 Å². The van der Waals surface area contributed by atoms with Crippen LogP contribution in [0.5, 0.6) is 0 Å². The van der Waals surface area contributed by atoms with Crippen LogP contribution in [0.4, 0.5) is 8.78 Å². The maximum absolute atomic E-state index is 13.1. The van der Waals surface area contributed by atoms with Crippen LogP contribution in [-0.4, -0.2) is 9.67 Å². The number of aliphatic hydroxyl groups excluding tert-OH is 1. The Bertz CT molecular complexity index is 543. The molecule has 2 nitrogen and oxygen atoms in total. The van der Waals surface area contributed by atoms with Gasteiger partial charge in [-0.2, -0.15) is 0 Å². The van der Waals surface area contributed by atoms with Crippen molar-refractivity contribution in [2.24, 2.45) is 5.92 Å². The van der Waals surface area contributed by atoms with Crippen LogP contribution in [0.3, 0.4) is 0 Å². The van der Waals surface area contributed by atoms with Crippen LogP contribution < -0.4 is 0 Å². The summed E-state index contributed by atoms with van der Waals surface area (Å²) in [5, 5.41) is 9.93. The van der Waals surface area contributed by atoms with Crippen LogP contribution in [0.2, 0.25) is 0 Å². The molecule has 102 valence electrons. The maximum Gasteiger partial charge on any atom is 0.126 e. The van der Waals surface area contributed by atoms with E-state index in [0.717, 1.165) is 11.6 Å². The summed E-state index contributed by atoms with van der Waals surface area (Å²) >= 11 is 0. The van der Waals surface area contributed by atoms with Gasteiger partial charge in [-0.3, -0.25) is 0 Å². The molecule has 2 aromatic rings. The van der Waals surface area contributed by atoms with Crippen molar-refractivity contribution in [1.29, 1.82) is 0 Å². The second-order valence-corrected chi connectivity index (χ2v) is 5.08. The lowest BCUT2D eigenvalue weighted by molar-refractivity contribution is 0.127. The van der Waals surface area contributed by atoms with E-state index in [-0.39, 0.29) is 5.92 Å². The largest absolute Gasteiger partial charge is 0.388 e. The Morgan fingerprint density at radius 2 is 1.79 bits per heavy atom. The number of hydrogen-bond donors (Lipinski definition) is 1. The predicted octanol–water partition coefficient (Wildman–Crippen LogP) is 3.50. The molecular formula is C15H17F2NO. The van der Waals surface area contributed by atoms with E-state index in [2.05, 4.69) is 0 Å². The molecule has 1 N–H and O–H groups in total. The van der Waals surface area contributed by atoms with Crippen molar-refractivity contribution in [3.63, 3.8) is 0 Å². The lowest BCUT2D eigenvalue weighted by Crippen LogP contribution is -2.04. The average molecular weight is 265 g/mol. The SMILES string of the molecule is CC(C)C(O)c1ccn(Cc2cc(F)cc(F)c2)c1. The summed E-state index contributed by atoms with van der Waals surface area (Å²) in [6.45, 7) is 4.24. The summed E-state index contributed by atoms with van der Waals surface area (Å²) in [5.41, 5.74) is 1.37. The van der Waals surface area contributed by atoms with Gasteiger partial charge in [0.05, 0.1) is 6.10 Å². The highest BCUT2D eigenvalue weighted by Crippen LogP contribution is 2.21. The fourth-order valence-electron chi connectivity index (χ4n) is 2.03. The smallest absolute Gasteiger partial charge is 0.126 e. The molecule has 4 heteroatoms. The highest BCUT2D eigenvalue weighted by molar-refractivity contribution is 5.20. The molecule has 0 spiro atoms. The van der Waals surface area contributed by atoms with Gasteiger partial charge in [-0.25, -0.2) is 8.78 Å². The van der Waals surface area contributed by atoms with Crippen LogP contribution >= 0.6 is 0 Å². The second kappa shape index (κ2) is 5.53. The molecule has 0 fully saturated rings. The standard InChI is InChI=1S/C15H17F2NO/c1-10(2)15(19)12-3-4-18(9-12)8-11-5-13(16)7-14(17)6-11/h3-7,9-10,15,19H,8H2,1-2H3. The van der Waals surface area contributed by atoms with E-state index in [9.17, 15) is 13.9 Å². The average Bonchev–Trinajstić information content (AvgIpc) is 2.74.